The fourth-order valence-electron chi connectivity index (χ4n) is 2.09. The summed E-state index contributed by atoms with van der Waals surface area (Å²) in [5.41, 5.74) is 0.954. The van der Waals surface area contributed by atoms with Crippen LogP contribution < -0.4 is 10.6 Å². The molecule has 0 radical (unpaired) electrons. The lowest BCUT2D eigenvalue weighted by atomic mass is 10.0. The Bertz CT molecular complexity index is 629. The highest BCUT2D eigenvalue weighted by Crippen LogP contribution is 2.10. The van der Waals surface area contributed by atoms with Gasteiger partial charge in [-0.1, -0.05) is 36.4 Å². The summed E-state index contributed by atoms with van der Waals surface area (Å²) in [6, 6.07) is 12.0. The van der Waals surface area contributed by atoms with Crippen LogP contribution in [-0.4, -0.2) is 35.6 Å². The van der Waals surface area contributed by atoms with Crippen molar-refractivity contribution >= 4 is 23.2 Å². The zero-order chi connectivity index (χ0) is 16.7. The van der Waals surface area contributed by atoms with Gasteiger partial charge in [-0.2, -0.15) is 0 Å². The minimum atomic E-state index is -0.694. The van der Waals surface area contributed by atoms with Crippen LogP contribution in [0.15, 0.2) is 47.8 Å². The van der Waals surface area contributed by atoms with Gasteiger partial charge < -0.3 is 15.7 Å². The molecular weight excluding hydrogens is 312 g/mol. The van der Waals surface area contributed by atoms with Crippen molar-refractivity contribution in [3.8, 4) is 0 Å². The molecule has 2 amide bonds. The highest BCUT2D eigenvalue weighted by Gasteiger charge is 2.23. The maximum Gasteiger partial charge on any atom is 0.262 e. The summed E-state index contributed by atoms with van der Waals surface area (Å²) in [6.45, 7) is 1.56. The fraction of sp³-hybridized carbons (Fsp3) is 0.294. The molecule has 5 nitrogen and oxygen atoms in total. The first kappa shape index (κ1) is 17.2. The number of rotatable bonds is 7. The fourth-order valence-corrected chi connectivity index (χ4v) is 2.71. The number of carbonyl (C=O) groups excluding carboxylic acids is 2. The molecule has 0 spiro atoms. The van der Waals surface area contributed by atoms with Crippen LogP contribution in [0, 0.1) is 0 Å². The molecule has 23 heavy (non-hydrogen) atoms. The molecule has 1 aromatic heterocycles. The number of nitrogens with one attached hydrogen (secondary N) is 2. The van der Waals surface area contributed by atoms with E-state index in [1.807, 2.05) is 35.7 Å². The molecule has 0 saturated carbocycles. The standard InChI is InChI=1S/C17H20N2O3S/c1-12(11-20)18-16(21)14(10-13-6-3-2-4-7-13)19-17(22)15-8-5-9-23-15/h2-9,12,14,20H,10-11H2,1H3,(H,18,21)(H,19,22). The van der Waals surface area contributed by atoms with Crippen molar-refractivity contribution in [1.82, 2.24) is 10.6 Å². The normalized spacial score (nSPS) is 13.1. The minimum Gasteiger partial charge on any atom is -0.394 e. The van der Waals surface area contributed by atoms with Gasteiger partial charge in [0, 0.05) is 12.5 Å². The second-order valence-corrected chi connectivity index (χ2v) is 6.23. The maximum absolute atomic E-state index is 12.4. The average Bonchev–Trinajstić information content (AvgIpc) is 3.09. The Morgan fingerprint density at radius 3 is 2.48 bits per heavy atom. The number of carbonyl (C=O) groups is 2. The van der Waals surface area contributed by atoms with Crippen LogP contribution in [0.2, 0.25) is 0 Å². The summed E-state index contributed by atoms with van der Waals surface area (Å²) >= 11 is 1.33. The molecule has 6 heteroatoms. The van der Waals surface area contributed by atoms with Crippen molar-refractivity contribution in [3.05, 3.63) is 58.3 Å². The summed E-state index contributed by atoms with van der Waals surface area (Å²) < 4.78 is 0. The molecule has 2 unspecified atom stereocenters. The molecule has 1 heterocycles. The van der Waals surface area contributed by atoms with Crippen molar-refractivity contribution in [2.75, 3.05) is 6.61 Å². The van der Waals surface area contributed by atoms with Gasteiger partial charge in [0.25, 0.3) is 5.91 Å². The molecular formula is C17H20N2O3S. The molecule has 0 fully saturated rings. The third-order valence-electron chi connectivity index (χ3n) is 3.31. The third kappa shape index (κ3) is 5.19. The van der Waals surface area contributed by atoms with E-state index in [1.54, 1.807) is 19.1 Å². The van der Waals surface area contributed by atoms with Crippen molar-refractivity contribution in [2.45, 2.75) is 25.4 Å². The summed E-state index contributed by atoms with van der Waals surface area (Å²) in [5, 5.41) is 16.4. The number of amides is 2. The highest BCUT2D eigenvalue weighted by molar-refractivity contribution is 7.12. The predicted molar refractivity (Wildman–Crippen MR) is 90.4 cm³/mol. The smallest absolute Gasteiger partial charge is 0.262 e. The molecule has 0 aliphatic carbocycles. The zero-order valence-electron chi connectivity index (χ0n) is 12.9. The second-order valence-electron chi connectivity index (χ2n) is 5.29. The monoisotopic (exact) mass is 332 g/mol. The number of aliphatic hydroxyl groups excluding tert-OH is 1. The number of aliphatic hydroxyl groups is 1. The van der Waals surface area contributed by atoms with Gasteiger partial charge in [0.2, 0.25) is 5.91 Å². The van der Waals surface area contributed by atoms with E-state index in [1.165, 1.54) is 11.3 Å². The Kier molecular flexibility index (Phi) is 6.31. The summed E-state index contributed by atoms with van der Waals surface area (Å²) in [7, 11) is 0. The lowest BCUT2D eigenvalue weighted by Gasteiger charge is -2.20. The van der Waals surface area contributed by atoms with Crippen LogP contribution in [0.3, 0.4) is 0 Å². The van der Waals surface area contributed by atoms with Crippen molar-refractivity contribution < 1.29 is 14.7 Å². The van der Waals surface area contributed by atoms with Crippen LogP contribution in [0.1, 0.15) is 22.2 Å². The number of hydrogen-bond acceptors (Lipinski definition) is 4. The van der Waals surface area contributed by atoms with Crippen LogP contribution >= 0.6 is 11.3 Å². The molecule has 0 aliphatic rings. The molecule has 2 atom stereocenters. The number of thiophene rings is 1. The molecule has 0 aliphatic heterocycles. The Morgan fingerprint density at radius 1 is 1.13 bits per heavy atom. The SMILES string of the molecule is CC(CO)NC(=O)C(Cc1ccccc1)NC(=O)c1cccs1. The quantitative estimate of drug-likeness (QED) is 0.720. The topological polar surface area (TPSA) is 78.4 Å². The first-order chi connectivity index (χ1) is 11.1. The van der Waals surface area contributed by atoms with Gasteiger partial charge in [0.05, 0.1) is 11.5 Å². The average molecular weight is 332 g/mol. The summed E-state index contributed by atoms with van der Waals surface area (Å²) in [4.78, 5) is 25.2. The molecule has 122 valence electrons. The van der Waals surface area contributed by atoms with Crippen LogP contribution in [0.4, 0.5) is 0 Å². The minimum absolute atomic E-state index is 0.150. The lowest BCUT2D eigenvalue weighted by Crippen LogP contribution is -2.50. The van der Waals surface area contributed by atoms with Gasteiger partial charge in [-0.25, -0.2) is 0 Å². The molecule has 3 N–H and O–H groups in total. The van der Waals surface area contributed by atoms with Crippen LogP contribution in [-0.2, 0) is 11.2 Å². The van der Waals surface area contributed by atoms with Crippen LogP contribution in [0.25, 0.3) is 0 Å². The van der Waals surface area contributed by atoms with Crippen LogP contribution in [0.5, 0.6) is 0 Å². The van der Waals surface area contributed by atoms with E-state index < -0.39 is 6.04 Å². The molecule has 0 saturated heterocycles. The van der Waals surface area contributed by atoms with Gasteiger partial charge in [-0.05, 0) is 23.9 Å². The van der Waals surface area contributed by atoms with Gasteiger partial charge in [0.1, 0.15) is 6.04 Å². The van der Waals surface area contributed by atoms with E-state index in [4.69, 9.17) is 5.11 Å². The predicted octanol–water partition coefficient (Wildman–Crippen LogP) is 1.59. The summed E-state index contributed by atoms with van der Waals surface area (Å²) in [5.74, 6) is -0.576. The van der Waals surface area contributed by atoms with Gasteiger partial charge in [-0.15, -0.1) is 11.3 Å². The first-order valence-electron chi connectivity index (χ1n) is 7.39. The van der Waals surface area contributed by atoms with E-state index in [-0.39, 0.29) is 24.5 Å². The lowest BCUT2D eigenvalue weighted by molar-refractivity contribution is -0.123. The van der Waals surface area contributed by atoms with Crippen molar-refractivity contribution in [2.24, 2.45) is 0 Å². The van der Waals surface area contributed by atoms with E-state index in [0.717, 1.165) is 5.56 Å². The first-order valence-corrected chi connectivity index (χ1v) is 8.27. The maximum atomic E-state index is 12.4. The number of hydrogen-bond donors (Lipinski definition) is 3. The summed E-state index contributed by atoms with van der Waals surface area (Å²) in [6.07, 6.45) is 0.391. The van der Waals surface area contributed by atoms with Gasteiger partial charge in [0.15, 0.2) is 0 Å². The Labute approximate surface area is 139 Å². The van der Waals surface area contributed by atoms with Crippen molar-refractivity contribution in [3.63, 3.8) is 0 Å². The van der Waals surface area contributed by atoms with E-state index >= 15 is 0 Å². The van der Waals surface area contributed by atoms with E-state index in [9.17, 15) is 9.59 Å². The van der Waals surface area contributed by atoms with Crippen molar-refractivity contribution in [1.29, 1.82) is 0 Å². The largest absolute Gasteiger partial charge is 0.394 e. The Morgan fingerprint density at radius 2 is 1.87 bits per heavy atom. The van der Waals surface area contributed by atoms with E-state index in [0.29, 0.717) is 11.3 Å². The van der Waals surface area contributed by atoms with Gasteiger partial charge >= 0.3 is 0 Å². The van der Waals surface area contributed by atoms with E-state index in [2.05, 4.69) is 10.6 Å². The molecule has 2 rings (SSSR count). The molecule has 1 aromatic carbocycles. The molecule has 0 bridgehead atoms. The van der Waals surface area contributed by atoms with Gasteiger partial charge in [-0.3, -0.25) is 9.59 Å². The number of benzene rings is 1. The highest BCUT2D eigenvalue weighted by atomic mass is 32.1. The second kappa shape index (κ2) is 8.45. The Balaban J connectivity index is 2.10. The zero-order valence-corrected chi connectivity index (χ0v) is 13.7. The third-order valence-corrected chi connectivity index (χ3v) is 4.18. The molecule has 2 aromatic rings. The Hall–Kier alpha value is -2.18.